The average Bonchev–Trinajstić information content (AvgIpc) is 3.11. The van der Waals surface area contributed by atoms with E-state index in [1.54, 1.807) is 0 Å². The fraction of sp³-hybridized carbons (Fsp3) is 0.167. The van der Waals surface area contributed by atoms with Gasteiger partial charge < -0.3 is 4.90 Å². The fourth-order valence-corrected chi connectivity index (χ4v) is 4.25. The lowest BCUT2D eigenvalue weighted by Gasteiger charge is -2.40. The van der Waals surface area contributed by atoms with E-state index in [0.29, 0.717) is 6.04 Å². The smallest absolute Gasteiger partial charge is 0.113 e. The Morgan fingerprint density at radius 2 is 1.96 bits per heavy atom. The zero-order valence-electron chi connectivity index (χ0n) is 16.2. The van der Waals surface area contributed by atoms with Gasteiger partial charge in [-0.2, -0.15) is 0 Å². The van der Waals surface area contributed by atoms with Gasteiger partial charge in [-0.05, 0) is 66.8 Å². The summed E-state index contributed by atoms with van der Waals surface area (Å²) in [6, 6.07) is 14.9. The summed E-state index contributed by atoms with van der Waals surface area (Å²) in [7, 11) is 0. The van der Waals surface area contributed by atoms with Gasteiger partial charge in [-0.25, -0.2) is 4.68 Å². The first kappa shape index (κ1) is 16.8. The Bertz CT molecular complexity index is 1210. The Balaban J connectivity index is 1.75. The zero-order chi connectivity index (χ0) is 19.4. The van der Waals surface area contributed by atoms with Crippen LogP contribution in [-0.2, 0) is 6.42 Å². The van der Waals surface area contributed by atoms with Crippen molar-refractivity contribution in [3.63, 3.8) is 0 Å². The molecule has 2 aliphatic heterocycles. The van der Waals surface area contributed by atoms with Crippen LogP contribution in [0.2, 0.25) is 0 Å². The van der Waals surface area contributed by atoms with E-state index in [9.17, 15) is 0 Å². The summed E-state index contributed by atoms with van der Waals surface area (Å²) in [6.07, 6.45) is 5.35. The summed E-state index contributed by atoms with van der Waals surface area (Å²) in [4.78, 5) is 2.35. The van der Waals surface area contributed by atoms with E-state index < -0.39 is 0 Å². The fourth-order valence-electron chi connectivity index (χ4n) is 4.25. The van der Waals surface area contributed by atoms with Crippen molar-refractivity contribution >= 4 is 16.7 Å². The second-order valence-electron chi connectivity index (χ2n) is 7.64. The van der Waals surface area contributed by atoms with Crippen LogP contribution in [0.15, 0.2) is 84.6 Å². The maximum atomic E-state index is 4.46. The van der Waals surface area contributed by atoms with Crippen molar-refractivity contribution in [3.05, 3.63) is 95.7 Å². The molecule has 0 saturated heterocycles. The quantitative estimate of drug-likeness (QED) is 0.637. The van der Waals surface area contributed by atoms with Crippen molar-refractivity contribution in [2.75, 3.05) is 0 Å². The molecule has 2 aliphatic rings. The third-order valence-electron chi connectivity index (χ3n) is 5.62. The summed E-state index contributed by atoms with van der Waals surface area (Å²) in [6.45, 7) is 12.7. The van der Waals surface area contributed by atoms with Gasteiger partial charge in [0.25, 0.3) is 0 Å². The lowest BCUT2D eigenvalue weighted by Crippen LogP contribution is -2.36. The Morgan fingerprint density at radius 3 is 2.79 bits per heavy atom. The first-order chi connectivity index (χ1) is 13.5. The normalized spacial score (nSPS) is 18.4. The minimum atomic E-state index is 0.365. The minimum absolute atomic E-state index is 0.365. The van der Waals surface area contributed by atoms with E-state index in [4.69, 9.17) is 0 Å². The van der Waals surface area contributed by atoms with Gasteiger partial charge in [0.1, 0.15) is 5.52 Å². The number of fused-ring (bicyclic) bond motifs is 4. The molecule has 138 valence electrons. The molecule has 3 aromatic rings. The van der Waals surface area contributed by atoms with Crippen LogP contribution in [0.4, 0.5) is 0 Å². The molecule has 1 aromatic heterocycles. The van der Waals surface area contributed by atoms with Crippen LogP contribution in [0, 0.1) is 0 Å². The van der Waals surface area contributed by atoms with Crippen molar-refractivity contribution < 1.29 is 0 Å². The Kier molecular flexibility index (Phi) is 3.63. The Hall–Kier alpha value is -3.40. The highest BCUT2D eigenvalue weighted by Crippen LogP contribution is 2.41. The molecule has 0 aliphatic carbocycles. The molecule has 0 amide bonds. The maximum absolute atomic E-state index is 4.46. The summed E-state index contributed by atoms with van der Waals surface area (Å²) in [5, 5.41) is 8.81. The molecule has 5 rings (SSSR count). The molecular formula is C24H22N4. The van der Waals surface area contributed by atoms with Crippen molar-refractivity contribution in [2.24, 2.45) is 0 Å². The van der Waals surface area contributed by atoms with Crippen molar-refractivity contribution in [2.45, 2.75) is 26.3 Å². The van der Waals surface area contributed by atoms with E-state index in [0.717, 1.165) is 39.9 Å². The van der Waals surface area contributed by atoms with Crippen molar-refractivity contribution in [1.29, 1.82) is 0 Å². The summed E-state index contributed by atoms with van der Waals surface area (Å²) >= 11 is 0. The maximum Gasteiger partial charge on any atom is 0.113 e. The van der Waals surface area contributed by atoms with Crippen LogP contribution in [0.1, 0.15) is 25.0 Å². The van der Waals surface area contributed by atoms with E-state index >= 15 is 0 Å². The van der Waals surface area contributed by atoms with Gasteiger partial charge in [0.15, 0.2) is 0 Å². The molecule has 3 heterocycles. The summed E-state index contributed by atoms with van der Waals surface area (Å²) in [5.41, 5.74) is 9.80. The monoisotopic (exact) mass is 366 g/mol. The van der Waals surface area contributed by atoms with Gasteiger partial charge in [-0.3, -0.25) is 0 Å². The van der Waals surface area contributed by atoms with E-state index in [2.05, 4.69) is 71.8 Å². The standard InChI is InChI=1S/C24H22N4/c1-15(2)19-14-27-17(4)13-18-8-7-11-22(24(18)23(27)12-16(19)3)28-21-10-6-5-9-20(21)25-26-28/h5-12,14,17H,1,3,13H2,2,4H3. The number of rotatable bonds is 2. The number of nitrogens with zero attached hydrogens (tertiary/aromatic N) is 4. The largest absolute Gasteiger partial charge is 0.344 e. The molecular weight excluding hydrogens is 344 g/mol. The molecule has 0 saturated carbocycles. The van der Waals surface area contributed by atoms with Gasteiger partial charge in [-0.15, -0.1) is 5.10 Å². The predicted octanol–water partition coefficient (Wildman–Crippen LogP) is 5.04. The molecule has 2 aromatic carbocycles. The van der Waals surface area contributed by atoms with Crippen LogP contribution < -0.4 is 0 Å². The Morgan fingerprint density at radius 1 is 1.14 bits per heavy atom. The second-order valence-corrected chi connectivity index (χ2v) is 7.64. The topological polar surface area (TPSA) is 34.0 Å². The summed E-state index contributed by atoms with van der Waals surface area (Å²) < 4.78 is 1.95. The van der Waals surface area contributed by atoms with Crippen LogP contribution in [0.3, 0.4) is 0 Å². The predicted molar refractivity (Wildman–Crippen MR) is 114 cm³/mol. The van der Waals surface area contributed by atoms with Crippen LogP contribution in [-0.4, -0.2) is 25.9 Å². The van der Waals surface area contributed by atoms with Crippen molar-refractivity contribution in [3.8, 4) is 5.69 Å². The van der Waals surface area contributed by atoms with Gasteiger partial charge in [-0.1, -0.05) is 42.6 Å². The van der Waals surface area contributed by atoms with Gasteiger partial charge >= 0.3 is 0 Å². The molecule has 0 fully saturated rings. The SMILES string of the molecule is C=C(C)C1=CN2C(=CC1=C)c1c(cccc1-n1nnc3ccccc31)CC2C. The summed E-state index contributed by atoms with van der Waals surface area (Å²) in [5.74, 6) is 0. The van der Waals surface area contributed by atoms with Gasteiger partial charge in [0.2, 0.25) is 0 Å². The number of allylic oxidation sites excluding steroid dienone is 4. The molecule has 0 radical (unpaired) electrons. The molecule has 1 atom stereocenters. The number of para-hydroxylation sites is 1. The first-order valence-corrected chi connectivity index (χ1v) is 9.54. The van der Waals surface area contributed by atoms with Crippen molar-refractivity contribution in [1.82, 2.24) is 19.9 Å². The average molecular weight is 366 g/mol. The molecule has 0 N–H and O–H groups in total. The lowest BCUT2D eigenvalue weighted by atomic mass is 9.86. The third-order valence-corrected chi connectivity index (χ3v) is 5.62. The highest BCUT2D eigenvalue weighted by molar-refractivity contribution is 5.83. The minimum Gasteiger partial charge on any atom is -0.344 e. The Labute approximate surface area is 164 Å². The number of benzene rings is 2. The molecule has 0 spiro atoms. The van der Waals surface area contributed by atoms with E-state index in [1.807, 2.05) is 29.8 Å². The van der Waals surface area contributed by atoms with Crippen LogP contribution in [0.25, 0.3) is 22.4 Å². The first-order valence-electron chi connectivity index (χ1n) is 9.54. The van der Waals surface area contributed by atoms with Gasteiger partial charge in [0, 0.05) is 17.8 Å². The second kappa shape index (κ2) is 6.06. The molecule has 1 unspecified atom stereocenters. The molecule has 0 bridgehead atoms. The molecule has 28 heavy (non-hydrogen) atoms. The lowest BCUT2D eigenvalue weighted by molar-refractivity contribution is 0.388. The number of hydrogen-bond acceptors (Lipinski definition) is 3. The van der Waals surface area contributed by atoms with Gasteiger partial charge in [0.05, 0.1) is 16.9 Å². The highest BCUT2D eigenvalue weighted by atomic mass is 15.4. The molecule has 4 nitrogen and oxygen atoms in total. The third kappa shape index (κ3) is 2.38. The molecule has 4 heteroatoms. The van der Waals surface area contributed by atoms with Crippen LogP contribution >= 0.6 is 0 Å². The van der Waals surface area contributed by atoms with E-state index in [1.165, 1.54) is 16.8 Å². The number of hydrogen-bond donors (Lipinski definition) is 0. The van der Waals surface area contributed by atoms with Crippen LogP contribution in [0.5, 0.6) is 0 Å². The number of aromatic nitrogens is 3. The van der Waals surface area contributed by atoms with E-state index in [-0.39, 0.29) is 0 Å². The zero-order valence-corrected chi connectivity index (χ0v) is 16.2. The highest BCUT2D eigenvalue weighted by Gasteiger charge is 2.31.